The molecule has 0 fully saturated rings. The average Bonchev–Trinajstić information content (AvgIpc) is 2.14. The number of nitrogens with one attached hydrogen (secondary N) is 1. The van der Waals surface area contributed by atoms with Gasteiger partial charge in [0.25, 0.3) is 0 Å². The Morgan fingerprint density at radius 3 is 1.77 bits per heavy atom. The van der Waals surface area contributed by atoms with Crippen molar-refractivity contribution in [2.45, 2.75) is 45.6 Å². The summed E-state index contributed by atoms with van der Waals surface area (Å²) in [6.07, 6.45) is 2.48. The Morgan fingerprint density at radius 1 is 1.15 bits per heavy atom. The van der Waals surface area contributed by atoms with Crippen LogP contribution in [0.15, 0.2) is 0 Å². The van der Waals surface area contributed by atoms with Gasteiger partial charge in [-0.2, -0.15) is 0 Å². The van der Waals surface area contributed by atoms with Crippen molar-refractivity contribution < 1.29 is 8.42 Å². The topological polar surface area (TPSA) is 46.2 Å². The van der Waals surface area contributed by atoms with Gasteiger partial charge in [0.05, 0.1) is 0 Å². The van der Waals surface area contributed by atoms with E-state index >= 15 is 0 Å². The van der Waals surface area contributed by atoms with E-state index in [2.05, 4.69) is 20.7 Å². The standard InChI is InChI=1S/C8H18BrNO2S/c1-4-8(5-2,6-3)10-13(11,12)7-9/h10H,4-7H2,1-3H3. The normalized spacial score (nSPS) is 13.2. The van der Waals surface area contributed by atoms with Crippen LogP contribution in [0.2, 0.25) is 0 Å². The van der Waals surface area contributed by atoms with Crippen LogP contribution in [0.5, 0.6) is 0 Å². The van der Waals surface area contributed by atoms with Crippen molar-refractivity contribution in [3.63, 3.8) is 0 Å². The van der Waals surface area contributed by atoms with E-state index in [1.165, 1.54) is 0 Å². The van der Waals surface area contributed by atoms with Gasteiger partial charge in [0.1, 0.15) is 4.66 Å². The molecule has 0 atom stereocenters. The van der Waals surface area contributed by atoms with E-state index in [1.54, 1.807) is 0 Å². The molecule has 0 aromatic rings. The van der Waals surface area contributed by atoms with E-state index in [1.807, 2.05) is 20.8 Å². The van der Waals surface area contributed by atoms with Crippen molar-refractivity contribution in [1.82, 2.24) is 4.72 Å². The Labute approximate surface area is 89.5 Å². The minimum atomic E-state index is -3.15. The summed E-state index contributed by atoms with van der Waals surface area (Å²) in [5.41, 5.74) is -0.257. The number of rotatable bonds is 6. The van der Waals surface area contributed by atoms with Crippen molar-refractivity contribution in [3.8, 4) is 0 Å². The SMILES string of the molecule is CCC(CC)(CC)NS(=O)(=O)CBr. The lowest BCUT2D eigenvalue weighted by Gasteiger charge is -2.30. The maximum Gasteiger partial charge on any atom is 0.222 e. The van der Waals surface area contributed by atoms with E-state index in [4.69, 9.17) is 0 Å². The van der Waals surface area contributed by atoms with Crippen molar-refractivity contribution in [3.05, 3.63) is 0 Å². The number of sulfonamides is 1. The zero-order valence-electron chi connectivity index (χ0n) is 8.43. The Balaban J connectivity index is 4.61. The van der Waals surface area contributed by atoms with Gasteiger partial charge in [-0.1, -0.05) is 36.7 Å². The monoisotopic (exact) mass is 271 g/mol. The van der Waals surface area contributed by atoms with Gasteiger partial charge in [0.2, 0.25) is 10.0 Å². The molecule has 0 amide bonds. The quantitative estimate of drug-likeness (QED) is 0.754. The molecule has 0 aromatic heterocycles. The Bertz CT molecular complexity index is 226. The highest BCUT2D eigenvalue weighted by atomic mass is 79.9. The molecule has 80 valence electrons. The third-order valence-electron chi connectivity index (χ3n) is 2.55. The second-order valence-corrected chi connectivity index (χ2v) is 6.19. The van der Waals surface area contributed by atoms with Crippen LogP contribution in [-0.2, 0) is 10.0 Å². The van der Waals surface area contributed by atoms with Crippen molar-refractivity contribution in [2.24, 2.45) is 0 Å². The molecule has 13 heavy (non-hydrogen) atoms. The fourth-order valence-electron chi connectivity index (χ4n) is 1.32. The predicted octanol–water partition coefficient (Wildman–Crippen LogP) is 2.23. The average molecular weight is 272 g/mol. The first-order valence-corrected chi connectivity index (χ1v) is 7.30. The Hall–Kier alpha value is 0.390. The van der Waals surface area contributed by atoms with E-state index in [9.17, 15) is 8.42 Å². The molecule has 0 aliphatic rings. The van der Waals surface area contributed by atoms with Gasteiger partial charge in [-0.05, 0) is 19.3 Å². The van der Waals surface area contributed by atoms with Crippen LogP contribution < -0.4 is 4.72 Å². The summed E-state index contributed by atoms with van der Waals surface area (Å²) in [7, 11) is -3.15. The van der Waals surface area contributed by atoms with E-state index in [0.29, 0.717) is 0 Å². The van der Waals surface area contributed by atoms with Gasteiger partial charge >= 0.3 is 0 Å². The van der Waals surface area contributed by atoms with Gasteiger partial charge in [0, 0.05) is 5.54 Å². The van der Waals surface area contributed by atoms with E-state index in [0.717, 1.165) is 19.3 Å². The molecule has 0 rings (SSSR count). The fourth-order valence-corrected chi connectivity index (χ4v) is 2.81. The number of hydrogen-bond acceptors (Lipinski definition) is 2. The first-order valence-electron chi connectivity index (χ1n) is 4.53. The molecule has 0 bridgehead atoms. The highest BCUT2D eigenvalue weighted by Gasteiger charge is 2.28. The second kappa shape index (κ2) is 5.32. The zero-order valence-corrected chi connectivity index (χ0v) is 10.8. The molecular weight excluding hydrogens is 254 g/mol. The van der Waals surface area contributed by atoms with Crippen LogP contribution >= 0.6 is 15.9 Å². The fraction of sp³-hybridized carbons (Fsp3) is 1.00. The van der Waals surface area contributed by atoms with Crippen LogP contribution in [-0.4, -0.2) is 18.6 Å². The van der Waals surface area contributed by atoms with Gasteiger partial charge in [-0.15, -0.1) is 0 Å². The zero-order chi connectivity index (χ0) is 10.5. The lowest BCUT2D eigenvalue weighted by molar-refractivity contribution is 0.342. The summed E-state index contributed by atoms with van der Waals surface area (Å²) >= 11 is 2.96. The molecule has 0 aliphatic carbocycles. The van der Waals surface area contributed by atoms with Gasteiger partial charge < -0.3 is 0 Å². The molecular formula is C8H18BrNO2S. The van der Waals surface area contributed by atoms with Crippen LogP contribution in [0, 0.1) is 0 Å². The molecule has 0 spiro atoms. The van der Waals surface area contributed by atoms with Crippen molar-refractivity contribution >= 4 is 26.0 Å². The Kier molecular flexibility index (Phi) is 5.47. The molecule has 1 N–H and O–H groups in total. The van der Waals surface area contributed by atoms with Crippen molar-refractivity contribution in [2.75, 3.05) is 4.66 Å². The molecule has 0 unspecified atom stereocenters. The maximum absolute atomic E-state index is 11.3. The molecule has 0 heterocycles. The summed E-state index contributed by atoms with van der Waals surface area (Å²) in [6.45, 7) is 6.01. The predicted molar refractivity (Wildman–Crippen MR) is 59.5 cm³/mol. The molecule has 0 saturated heterocycles. The second-order valence-electron chi connectivity index (χ2n) is 3.17. The highest BCUT2D eigenvalue weighted by molar-refractivity contribution is 9.10. The lowest BCUT2D eigenvalue weighted by atomic mass is 9.91. The summed E-state index contributed by atoms with van der Waals surface area (Å²) < 4.78 is 25.4. The first kappa shape index (κ1) is 13.4. The van der Waals surface area contributed by atoms with Gasteiger partial charge in [-0.3, -0.25) is 0 Å². The Morgan fingerprint density at radius 2 is 1.54 bits per heavy atom. The number of alkyl halides is 1. The minimum absolute atomic E-state index is 0.0260. The summed E-state index contributed by atoms with van der Waals surface area (Å²) in [6, 6.07) is 0. The first-order chi connectivity index (χ1) is 5.95. The largest absolute Gasteiger partial charge is 0.222 e. The third-order valence-corrected chi connectivity index (χ3v) is 5.39. The minimum Gasteiger partial charge on any atom is -0.212 e. The molecule has 3 nitrogen and oxygen atoms in total. The molecule has 0 saturated carbocycles. The van der Waals surface area contributed by atoms with E-state index in [-0.39, 0.29) is 10.2 Å². The number of hydrogen-bond donors (Lipinski definition) is 1. The van der Waals surface area contributed by atoms with Crippen LogP contribution in [0.4, 0.5) is 0 Å². The van der Waals surface area contributed by atoms with Crippen molar-refractivity contribution in [1.29, 1.82) is 0 Å². The maximum atomic E-state index is 11.3. The van der Waals surface area contributed by atoms with Gasteiger partial charge in [-0.25, -0.2) is 13.1 Å². The third kappa shape index (κ3) is 3.95. The van der Waals surface area contributed by atoms with Crippen LogP contribution in [0.25, 0.3) is 0 Å². The molecule has 5 heteroatoms. The summed E-state index contributed by atoms with van der Waals surface area (Å²) in [4.78, 5) is 0. The molecule has 0 radical (unpaired) electrons. The molecule has 0 aromatic carbocycles. The number of halogens is 1. The van der Waals surface area contributed by atoms with Crippen LogP contribution in [0.3, 0.4) is 0 Å². The highest BCUT2D eigenvalue weighted by Crippen LogP contribution is 2.20. The van der Waals surface area contributed by atoms with Crippen LogP contribution in [0.1, 0.15) is 40.0 Å². The molecule has 0 aliphatic heterocycles. The lowest BCUT2D eigenvalue weighted by Crippen LogP contribution is -2.47. The smallest absolute Gasteiger partial charge is 0.212 e. The summed E-state index contributed by atoms with van der Waals surface area (Å²) in [5, 5.41) is 0. The van der Waals surface area contributed by atoms with Gasteiger partial charge in [0.15, 0.2) is 0 Å². The summed E-state index contributed by atoms with van der Waals surface area (Å²) in [5.74, 6) is 0. The van der Waals surface area contributed by atoms with E-state index < -0.39 is 10.0 Å².